The van der Waals surface area contributed by atoms with E-state index in [0.29, 0.717) is 11.1 Å². The fourth-order valence-electron chi connectivity index (χ4n) is 3.19. The molecule has 2 heterocycles. The first-order valence-electron chi connectivity index (χ1n) is 10.5. The van der Waals surface area contributed by atoms with Crippen LogP contribution in [0.25, 0.3) is 0 Å². The van der Waals surface area contributed by atoms with Gasteiger partial charge in [0.1, 0.15) is 5.69 Å². The van der Waals surface area contributed by atoms with Gasteiger partial charge >= 0.3 is 0 Å². The van der Waals surface area contributed by atoms with Crippen LogP contribution in [0.4, 0.5) is 17.5 Å². The number of ether oxygens (including phenoxy) is 2. The molecule has 0 aliphatic carbocycles. The van der Waals surface area contributed by atoms with Crippen LogP contribution in [0.3, 0.4) is 0 Å². The number of benzene rings is 2. The predicted molar refractivity (Wildman–Crippen MR) is 124 cm³/mol. The number of hydrogen-bond donors (Lipinski definition) is 3. The van der Waals surface area contributed by atoms with Crippen LogP contribution in [0.1, 0.15) is 34.6 Å². The lowest BCUT2D eigenvalue weighted by Crippen LogP contribution is -2.32. The quantitative estimate of drug-likeness (QED) is 0.514. The van der Waals surface area contributed by atoms with Crippen LogP contribution in [-0.2, 0) is 14.3 Å². The molecule has 0 bridgehead atoms. The molecule has 1 atom stereocenters. The van der Waals surface area contributed by atoms with E-state index in [0.717, 1.165) is 0 Å². The standard InChI is InChI=1S/C24H23N5O5/c1-24(2)33-14-18(34-24)22(32)26-17-13-25-23(29-21(31)16-11-7-4-8-12-16)28-19(17)27-20(30)15-9-5-3-6-10-15/h3-13,18H,14H2,1-2H3,(H,26,32)(H2,25,27,28,29,30,31)/t18-/m1/s1. The second-order valence-corrected chi connectivity index (χ2v) is 7.90. The molecular formula is C24H23N5O5. The molecule has 174 valence electrons. The zero-order valence-electron chi connectivity index (χ0n) is 18.6. The summed E-state index contributed by atoms with van der Waals surface area (Å²) < 4.78 is 11.0. The van der Waals surface area contributed by atoms with Gasteiger partial charge in [0.15, 0.2) is 17.7 Å². The van der Waals surface area contributed by atoms with E-state index in [2.05, 4.69) is 25.9 Å². The maximum Gasteiger partial charge on any atom is 0.258 e. The molecule has 0 radical (unpaired) electrons. The van der Waals surface area contributed by atoms with Crippen molar-refractivity contribution in [1.82, 2.24) is 9.97 Å². The monoisotopic (exact) mass is 461 g/mol. The minimum Gasteiger partial charge on any atom is -0.347 e. The van der Waals surface area contributed by atoms with Crippen LogP contribution < -0.4 is 16.0 Å². The summed E-state index contributed by atoms with van der Waals surface area (Å²) >= 11 is 0. The Balaban J connectivity index is 1.57. The Labute approximate surface area is 195 Å². The van der Waals surface area contributed by atoms with Crippen molar-refractivity contribution in [3.05, 3.63) is 78.0 Å². The number of nitrogens with one attached hydrogen (secondary N) is 3. The molecule has 3 N–H and O–H groups in total. The van der Waals surface area contributed by atoms with Gasteiger partial charge in [-0.05, 0) is 38.1 Å². The third-order valence-electron chi connectivity index (χ3n) is 4.88. The van der Waals surface area contributed by atoms with Crippen molar-refractivity contribution in [2.24, 2.45) is 0 Å². The average Bonchev–Trinajstić information content (AvgIpc) is 3.21. The molecule has 3 amide bonds. The number of aromatic nitrogens is 2. The van der Waals surface area contributed by atoms with Crippen molar-refractivity contribution in [1.29, 1.82) is 0 Å². The maximum atomic E-state index is 12.7. The smallest absolute Gasteiger partial charge is 0.258 e. The molecule has 4 rings (SSSR count). The van der Waals surface area contributed by atoms with Crippen LogP contribution >= 0.6 is 0 Å². The fraction of sp³-hybridized carbons (Fsp3) is 0.208. The Morgan fingerprint density at radius 2 is 1.47 bits per heavy atom. The summed E-state index contributed by atoms with van der Waals surface area (Å²) in [7, 11) is 0. The normalized spacial score (nSPS) is 16.5. The summed E-state index contributed by atoms with van der Waals surface area (Å²) in [4.78, 5) is 46.3. The van der Waals surface area contributed by atoms with Crippen LogP contribution in [0.2, 0.25) is 0 Å². The molecule has 10 nitrogen and oxygen atoms in total. The molecule has 1 aliphatic rings. The molecule has 10 heteroatoms. The largest absolute Gasteiger partial charge is 0.347 e. The van der Waals surface area contributed by atoms with E-state index < -0.39 is 29.6 Å². The Kier molecular flexibility index (Phi) is 6.62. The fourth-order valence-corrected chi connectivity index (χ4v) is 3.19. The number of nitrogens with zero attached hydrogens (tertiary/aromatic N) is 2. The van der Waals surface area contributed by atoms with E-state index in [1.54, 1.807) is 74.5 Å². The summed E-state index contributed by atoms with van der Waals surface area (Å²) in [6.07, 6.45) is 0.456. The van der Waals surface area contributed by atoms with Gasteiger partial charge in [-0.15, -0.1) is 0 Å². The van der Waals surface area contributed by atoms with Gasteiger partial charge in [-0.25, -0.2) is 4.98 Å². The maximum absolute atomic E-state index is 12.7. The van der Waals surface area contributed by atoms with Gasteiger partial charge in [-0.2, -0.15) is 4.98 Å². The third kappa shape index (κ3) is 5.61. The van der Waals surface area contributed by atoms with Crippen LogP contribution in [-0.4, -0.2) is 46.2 Å². The topological polar surface area (TPSA) is 132 Å². The Morgan fingerprint density at radius 3 is 2.03 bits per heavy atom. The molecule has 0 unspecified atom stereocenters. The summed E-state index contributed by atoms with van der Waals surface area (Å²) in [5.41, 5.74) is 0.946. The number of rotatable bonds is 6. The second kappa shape index (κ2) is 9.77. The van der Waals surface area contributed by atoms with E-state index in [1.165, 1.54) is 6.20 Å². The van der Waals surface area contributed by atoms with Crippen molar-refractivity contribution in [2.75, 3.05) is 22.6 Å². The Hall–Kier alpha value is -4.15. The zero-order valence-corrected chi connectivity index (χ0v) is 18.6. The van der Waals surface area contributed by atoms with Crippen molar-refractivity contribution >= 4 is 35.2 Å². The minimum atomic E-state index is -0.881. The summed E-state index contributed by atoms with van der Waals surface area (Å²) in [6, 6.07) is 17.1. The van der Waals surface area contributed by atoms with Gasteiger partial charge in [0, 0.05) is 11.1 Å². The number of anilines is 3. The SMILES string of the molecule is CC1(C)OC[C@H](C(=O)Nc2cnc(NC(=O)c3ccccc3)nc2NC(=O)c2ccccc2)O1. The molecule has 0 saturated carbocycles. The van der Waals surface area contributed by atoms with E-state index in [1.807, 2.05) is 0 Å². The number of carbonyl (C=O) groups excluding carboxylic acids is 3. The van der Waals surface area contributed by atoms with Gasteiger partial charge in [0.05, 0.1) is 12.8 Å². The molecule has 1 aromatic heterocycles. The first-order chi connectivity index (χ1) is 16.3. The molecular weight excluding hydrogens is 438 g/mol. The number of carbonyl (C=O) groups is 3. The summed E-state index contributed by atoms with van der Waals surface area (Å²) in [6.45, 7) is 3.49. The molecule has 1 fully saturated rings. The summed E-state index contributed by atoms with van der Waals surface area (Å²) in [5.74, 6) is -2.26. The number of amides is 3. The predicted octanol–water partition coefficient (Wildman–Crippen LogP) is 3.07. The molecule has 34 heavy (non-hydrogen) atoms. The molecule has 3 aromatic rings. The lowest BCUT2D eigenvalue weighted by atomic mass is 10.2. The first-order valence-corrected chi connectivity index (χ1v) is 10.5. The van der Waals surface area contributed by atoms with Crippen molar-refractivity contribution in [2.45, 2.75) is 25.7 Å². The van der Waals surface area contributed by atoms with Crippen molar-refractivity contribution < 1.29 is 23.9 Å². The van der Waals surface area contributed by atoms with Crippen LogP contribution in [0.15, 0.2) is 66.9 Å². The lowest BCUT2D eigenvalue weighted by Gasteiger charge is -2.17. The number of hydrogen-bond acceptors (Lipinski definition) is 7. The van der Waals surface area contributed by atoms with E-state index in [9.17, 15) is 14.4 Å². The highest BCUT2D eigenvalue weighted by Crippen LogP contribution is 2.25. The second-order valence-electron chi connectivity index (χ2n) is 7.90. The first kappa shape index (κ1) is 23.0. The highest BCUT2D eigenvalue weighted by molar-refractivity contribution is 6.07. The zero-order chi connectivity index (χ0) is 24.1. The lowest BCUT2D eigenvalue weighted by molar-refractivity contribution is -0.150. The molecule has 1 saturated heterocycles. The molecule has 1 aliphatic heterocycles. The van der Waals surface area contributed by atoms with Gasteiger partial charge in [-0.1, -0.05) is 36.4 Å². The highest BCUT2D eigenvalue weighted by Gasteiger charge is 2.37. The van der Waals surface area contributed by atoms with E-state index in [4.69, 9.17) is 9.47 Å². The third-order valence-corrected chi connectivity index (χ3v) is 4.88. The molecule has 0 spiro atoms. The highest BCUT2D eigenvalue weighted by atomic mass is 16.7. The van der Waals surface area contributed by atoms with Gasteiger partial charge < -0.3 is 20.1 Å². The van der Waals surface area contributed by atoms with Crippen molar-refractivity contribution in [3.8, 4) is 0 Å². The minimum absolute atomic E-state index is 0.0127. The van der Waals surface area contributed by atoms with Crippen LogP contribution in [0, 0.1) is 0 Å². The molecule has 2 aromatic carbocycles. The van der Waals surface area contributed by atoms with Gasteiger partial charge in [-0.3, -0.25) is 19.7 Å². The van der Waals surface area contributed by atoms with E-state index >= 15 is 0 Å². The van der Waals surface area contributed by atoms with Gasteiger partial charge in [0.2, 0.25) is 5.95 Å². The van der Waals surface area contributed by atoms with Gasteiger partial charge in [0.25, 0.3) is 17.7 Å². The summed E-state index contributed by atoms with van der Waals surface area (Å²) in [5, 5.41) is 7.92. The average molecular weight is 461 g/mol. The van der Waals surface area contributed by atoms with Crippen molar-refractivity contribution in [3.63, 3.8) is 0 Å². The Bertz CT molecular complexity index is 1200. The van der Waals surface area contributed by atoms with E-state index in [-0.39, 0.29) is 24.1 Å². The Morgan fingerprint density at radius 1 is 0.882 bits per heavy atom. The van der Waals surface area contributed by atoms with Crippen LogP contribution in [0.5, 0.6) is 0 Å².